The third-order valence-electron chi connectivity index (χ3n) is 0.565. The molecule has 38 valence electrons. The Morgan fingerprint density at radius 3 is 2.57 bits per heavy atom. The van der Waals surface area contributed by atoms with Crippen LogP contribution in [-0.4, -0.2) is 0 Å². The van der Waals surface area contributed by atoms with Crippen molar-refractivity contribution in [3.8, 4) is 0 Å². The maximum atomic E-state index is 10.3. The van der Waals surface area contributed by atoms with Crippen molar-refractivity contribution in [2.24, 2.45) is 0 Å². The molecular formula is C4H4OS2. The van der Waals surface area contributed by atoms with Crippen molar-refractivity contribution in [1.82, 2.24) is 0 Å². The summed E-state index contributed by atoms with van der Waals surface area (Å²) in [5, 5.41) is 1.87. The van der Waals surface area contributed by atoms with E-state index in [0.717, 1.165) is 4.88 Å². The maximum absolute atomic E-state index is 10.3. The molecule has 0 saturated heterocycles. The Hall–Kier alpha value is -0.150. The zero-order chi connectivity index (χ0) is 5.28. The highest BCUT2D eigenvalue weighted by molar-refractivity contribution is 7.26. The van der Waals surface area contributed by atoms with E-state index in [1.807, 2.05) is 12.3 Å². The zero-order valence-corrected chi connectivity index (χ0v) is 5.44. The van der Waals surface area contributed by atoms with E-state index < -0.39 is 0 Å². The molecule has 0 aliphatic rings. The summed E-state index contributed by atoms with van der Waals surface area (Å²) in [7, 11) is 0. The van der Waals surface area contributed by atoms with Crippen LogP contribution in [0.1, 0.15) is 4.88 Å². The van der Waals surface area contributed by atoms with Gasteiger partial charge < -0.3 is 0 Å². The molecule has 1 rings (SSSR count). The first-order valence-electron chi connectivity index (χ1n) is 1.84. The van der Waals surface area contributed by atoms with Gasteiger partial charge in [0, 0.05) is 10.3 Å². The van der Waals surface area contributed by atoms with E-state index in [0.29, 0.717) is 0 Å². The van der Waals surface area contributed by atoms with Gasteiger partial charge in [-0.3, -0.25) is 4.79 Å². The van der Waals surface area contributed by atoms with Crippen LogP contribution in [0.25, 0.3) is 0 Å². The molecule has 0 aliphatic heterocycles. The summed E-state index contributed by atoms with van der Waals surface area (Å²) >= 11 is 2.57. The fourth-order valence-electron chi connectivity index (χ4n) is 0.311. The highest BCUT2D eigenvalue weighted by Gasteiger charge is 1.85. The Balaban J connectivity index is 3.30. The van der Waals surface area contributed by atoms with Crippen LogP contribution in [0, 0.1) is 6.92 Å². The van der Waals surface area contributed by atoms with Gasteiger partial charge >= 0.3 is 0 Å². The van der Waals surface area contributed by atoms with Gasteiger partial charge in [0.15, 0.2) is 0 Å². The van der Waals surface area contributed by atoms with Gasteiger partial charge in [0.25, 0.3) is 4.06 Å². The van der Waals surface area contributed by atoms with Crippen molar-refractivity contribution in [2.45, 2.75) is 6.92 Å². The molecular weight excluding hydrogens is 128 g/mol. The Labute approximate surface area is 49.2 Å². The molecule has 0 aromatic carbocycles. The Bertz CT molecular complexity index is 197. The Morgan fingerprint density at radius 2 is 2.43 bits per heavy atom. The van der Waals surface area contributed by atoms with Crippen LogP contribution in [0.3, 0.4) is 0 Å². The summed E-state index contributed by atoms with van der Waals surface area (Å²) in [5.74, 6) is 0. The van der Waals surface area contributed by atoms with Gasteiger partial charge in [-0.05, 0) is 6.92 Å². The molecule has 1 nitrogen and oxygen atoms in total. The number of rotatable bonds is 0. The molecule has 1 heterocycles. The molecule has 0 aliphatic carbocycles. The van der Waals surface area contributed by atoms with E-state index in [4.69, 9.17) is 0 Å². The van der Waals surface area contributed by atoms with Crippen LogP contribution in [0.2, 0.25) is 0 Å². The molecule has 0 radical (unpaired) electrons. The van der Waals surface area contributed by atoms with Crippen molar-refractivity contribution < 1.29 is 0 Å². The second-order valence-corrected chi connectivity index (χ2v) is 3.52. The normalized spacial score (nSPS) is 9.29. The molecule has 0 bridgehead atoms. The first-order valence-corrected chi connectivity index (χ1v) is 3.54. The van der Waals surface area contributed by atoms with E-state index in [1.165, 1.54) is 22.7 Å². The van der Waals surface area contributed by atoms with Gasteiger partial charge in [0.1, 0.15) is 0 Å². The lowest BCUT2D eigenvalue weighted by Crippen LogP contribution is -1.73. The number of hydrogen-bond donors (Lipinski definition) is 0. The number of aryl methyl sites for hydroxylation is 1. The Morgan fingerprint density at radius 1 is 1.71 bits per heavy atom. The van der Waals surface area contributed by atoms with Crippen LogP contribution in [-0.2, 0) is 0 Å². The molecule has 3 heteroatoms. The van der Waals surface area contributed by atoms with E-state index in [2.05, 4.69) is 0 Å². The minimum absolute atomic E-state index is 0.192. The van der Waals surface area contributed by atoms with E-state index in [9.17, 15) is 4.79 Å². The molecule has 0 spiro atoms. The van der Waals surface area contributed by atoms with Crippen LogP contribution < -0.4 is 4.06 Å². The molecule has 0 amide bonds. The monoisotopic (exact) mass is 132 g/mol. The fraction of sp³-hybridized carbons (Fsp3) is 0.250. The van der Waals surface area contributed by atoms with Crippen molar-refractivity contribution in [1.29, 1.82) is 0 Å². The van der Waals surface area contributed by atoms with Gasteiger partial charge in [-0.25, -0.2) is 0 Å². The van der Waals surface area contributed by atoms with Crippen molar-refractivity contribution >= 4 is 22.7 Å². The summed E-state index contributed by atoms with van der Waals surface area (Å²) in [6, 6.07) is 0. The minimum atomic E-state index is 0.192. The SMILES string of the molecule is Cc1csc(=O)s1. The van der Waals surface area contributed by atoms with Gasteiger partial charge in [-0.1, -0.05) is 22.7 Å². The molecule has 0 atom stereocenters. The summed E-state index contributed by atoms with van der Waals surface area (Å²) < 4.78 is 0.192. The summed E-state index contributed by atoms with van der Waals surface area (Å²) in [4.78, 5) is 11.4. The van der Waals surface area contributed by atoms with Crippen LogP contribution >= 0.6 is 22.7 Å². The number of hydrogen-bond acceptors (Lipinski definition) is 3. The lowest BCUT2D eigenvalue weighted by molar-refractivity contribution is 1.67. The second-order valence-electron chi connectivity index (χ2n) is 1.20. The quantitative estimate of drug-likeness (QED) is 0.522. The predicted molar refractivity (Wildman–Crippen MR) is 33.2 cm³/mol. The average Bonchev–Trinajstić information content (AvgIpc) is 1.87. The maximum Gasteiger partial charge on any atom is 0.287 e. The van der Waals surface area contributed by atoms with Gasteiger partial charge in [-0.2, -0.15) is 0 Å². The second kappa shape index (κ2) is 1.76. The van der Waals surface area contributed by atoms with Crippen LogP contribution in [0.4, 0.5) is 0 Å². The highest BCUT2D eigenvalue weighted by Crippen LogP contribution is 2.02. The molecule has 0 unspecified atom stereocenters. The van der Waals surface area contributed by atoms with E-state index in [1.54, 1.807) is 0 Å². The van der Waals surface area contributed by atoms with E-state index >= 15 is 0 Å². The third kappa shape index (κ3) is 1.11. The topological polar surface area (TPSA) is 17.1 Å². The first-order chi connectivity index (χ1) is 3.29. The molecule has 1 aromatic rings. The molecule has 0 N–H and O–H groups in total. The Kier molecular flexibility index (Phi) is 1.25. The molecule has 1 aromatic heterocycles. The van der Waals surface area contributed by atoms with Gasteiger partial charge in [-0.15, -0.1) is 0 Å². The van der Waals surface area contributed by atoms with Crippen LogP contribution in [0.5, 0.6) is 0 Å². The van der Waals surface area contributed by atoms with E-state index in [-0.39, 0.29) is 4.06 Å². The lowest BCUT2D eigenvalue weighted by Gasteiger charge is -1.63. The molecule has 0 saturated carbocycles. The van der Waals surface area contributed by atoms with Gasteiger partial charge in [0.05, 0.1) is 0 Å². The zero-order valence-electron chi connectivity index (χ0n) is 3.80. The summed E-state index contributed by atoms with van der Waals surface area (Å²) in [6.45, 7) is 1.93. The largest absolute Gasteiger partial charge is 0.287 e. The predicted octanol–water partition coefficient (Wildman–Crippen LogP) is 1.48. The van der Waals surface area contributed by atoms with Crippen molar-refractivity contribution in [2.75, 3.05) is 0 Å². The highest BCUT2D eigenvalue weighted by atomic mass is 32.2. The fourth-order valence-corrected chi connectivity index (χ4v) is 1.90. The first kappa shape index (κ1) is 5.00. The minimum Gasteiger partial charge on any atom is -0.265 e. The third-order valence-corrected chi connectivity index (χ3v) is 2.52. The van der Waals surface area contributed by atoms with Crippen molar-refractivity contribution in [3.63, 3.8) is 0 Å². The van der Waals surface area contributed by atoms with Gasteiger partial charge in [0.2, 0.25) is 0 Å². The standard InChI is InChI=1S/C4H4OS2/c1-3-2-6-4(5)7-3/h2H,1H3. The summed E-state index contributed by atoms with van der Waals surface area (Å²) in [5.41, 5.74) is 0. The van der Waals surface area contributed by atoms with Crippen molar-refractivity contribution in [3.05, 3.63) is 19.1 Å². The lowest BCUT2D eigenvalue weighted by atomic mass is 10.7. The smallest absolute Gasteiger partial charge is 0.265 e. The molecule has 0 fully saturated rings. The molecule has 7 heavy (non-hydrogen) atoms. The van der Waals surface area contributed by atoms with Crippen LogP contribution in [0.15, 0.2) is 10.2 Å². The summed E-state index contributed by atoms with van der Waals surface area (Å²) in [6.07, 6.45) is 0. The average molecular weight is 132 g/mol.